The van der Waals surface area contributed by atoms with E-state index in [0.29, 0.717) is 0 Å². The van der Waals surface area contributed by atoms with Crippen molar-refractivity contribution in [3.05, 3.63) is 47.8 Å². The molecule has 96 valence electrons. The van der Waals surface area contributed by atoms with E-state index in [1.165, 1.54) is 4.90 Å². The number of nitrogens with one attached hydrogen (secondary N) is 1. The Morgan fingerprint density at radius 3 is 2.56 bits per heavy atom. The van der Waals surface area contributed by atoms with E-state index in [1.54, 1.807) is 4.68 Å². The Bertz CT molecular complexity index is 492. The van der Waals surface area contributed by atoms with Crippen LogP contribution in [0, 0.1) is 0 Å². The average molecular weight is 262 g/mol. The van der Waals surface area contributed by atoms with E-state index in [9.17, 15) is 0 Å². The molecule has 0 aliphatic heterocycles. The minimum Gasteiger partial charge on any atom is -0.275 e. The number of nitrogens with zero attached hydrogens (tertiary/aromatic N) is 2. The van der Waals surface area contributed by atoms with Gasteiger partial charge >= 0.3 is 0 Å². The molecule has 0 aliphatic rings. The van der Waals surface area contributed by atoms with Gasteiger partial charge in [0, 0.05) is 18.1 Å². The lowest BCUT2D eigenvalue weighted by atomic mass is 10.1. The van der Waals surface area contributed by atoms with Crippen molar-refractivity contribution in [2.24, 2.45) is 12.9 Å². The van der Waals surface area contributed by atoms with Gasteiger partial charge in [0.15, 0.2) is 0 Å². The molecule has 0 radical (unpaired) electrons. The van der Waals surface area contributed by atoms with Crippen LogP contribution < -0.4 is 11.3 Å². The largest absolute Gasteiger partial charge is 0.275 e. The number of aryl methyl sites for hydroxylation is 1. The summed E-state index contributed by atoms with van der Waals surface area (Å²) in [7, 11) is 1.90. The molecule has 1 atom stereocenters. The van der Waals surface area contributed by atoms with Crippen LogP contribution in [0.3, 0.4) is 0 Å². The van der Waals surface area contributed by atoms with Crippen LogP contribution in [-0.2, 0) is 7.05 Å². The zero-order valence-corrected chi connectivity index (χ0v) is 11.4. The van der Waals surface area contributed by atoms with Crippen molar-refractivity contribution < 1.29 is 0 Å². The fourth-order valence-corrected chi connectivity index (χ4v) is 2.52. The van der Waals surface area contributed by atoms with Crippen LogP contribution in [0.4, 0.5) is 0 Å². The first-order chi connectivity index (χ1) is 8.74. The van der Waals surface area contributed by atoms with Crippen molar-refractivity contribution in [1.82, 2.24) is 15.2 Å². The standard InChI is InChI=1S/C13H18N4S/c1-3-18-11-6-4-10(5-7-11)13(15-14)12-8-9-17(2)16-12/h4-9,13,15H,3,14H2,1-2H3. The molecule has 4 nitrogen and oxygen atoms in total. The van der Waals surface area contributed by atoms with Crippen LogP contribution >= 0.6 is 11.8 Å². The van der Waals surface area contributed by atoms with Gasteiger partial charge in [-0.3, -0.25) is 10.5 Å². The van der Waals surface area contributed by atoms with Crippen molar-refractivity contribution in [3.63, 3.8) is 0 Å². The quantitative estimate of drug-likeness (QED) is 0.492. The van der Waals surface area contributed by atoms with Crippen molar-refractivity contribution >= 4 is 11.8 Å². The van der Waals surface area contributed by atoms with E-state index >= 15 is 0 Å². The number of hydrazine groups is 1. The van der Waals surface area contributed by atoms with Crippen molar-refractivity contribution in [2.75, 3.05) is 5.75 Å². The molecule has 1 aromatic carbocycles. The summed E-state index contributed by atoms with van der Waals surface area (Å²) in [4.78, 5) is 1.28. The number of nitrogens with two attached hydrogens (primary N) is 1. The van der Waals surface area contributed by atoms with Crippen LogP contribution in [0.15, 0.2) is 41.4 Å². The Labute approximate surface area is 112 Å². The molecule has 0 saturated heterocycles. The Kier molecular flexibility index (Phi) is 4.41. The van der Waals surface area contributed by atoms with Gasteiger partial charge in [0.05, 0.1) is 11.7 Å². The summed E-state index contributed by atoms with van der Waals surface area (Å²) >= 11 is 1.83. The fourth-order valence-electron chi connectivity index (χ4n) is 1.86. The van der Waals surface area contributed by atoms with Crippen LogP contribution in [-0.4, -0.2) is 15.5 Å². The lowest BCUT2D eigenvalue weighted by Gasteiger charge is -2.14. The van der Waals surface area contributed by atoms with E-state index in [-0.39, 0.29) is 6.04 Å². The summed E-state index contributed by atoms with van der Waals surface area (Å²) in [6.45, 7) is 2.15. The van der Waals surface area contributed by atoms with E-state index in [0.717, 1.165) is 17.0 Å². The third kappa shape index (κ3) is 2.93. The second-order valence-corrected chi connectivity index (χ2v) is 5.35. The van der Waals surface area contributed by atoms with Crippen molar-refractivity contribution in [1.29, 1.82) is 0 Å². The Hall–Kier alpha value is -1.30. The van der Waals surface area contributed by atoms with Gasteiger partial charge in [-0.05, 0) is 29.5 Å². The Morgan fingerprint density at radius 2 is 2.06 bits per heavy atom. The maximum absolute atomic E-state index is 5.64. The van der Waals surface area contributed by atoms with E-state index in [1.807, 2.05) is 31.1 Å². The average Bonchev–Trinajstić information content (AvgIpc) is 2.79. The monoisotopic (exact) mass is 262 g/mol. The lowest BCUT2D eigenvalue weighted by molar-refractivity contribution is 0.603. The molecular formula is C13H18N4S. The first-order valence-corrected chi connectivity index (χ1v) is 6.91. The number of hydrogen-bond acceptors (Lipinski definition) is 4. The second kappa shape index (κ2) is 6.04. The predicted octanol–water partition coefficient (Wildman–Crippen LogP) is 2.08. The Morgan fingerprint density at radius 1 is 1.33 bits per heavy atom. The van der Waals surface area contributed by atoms with E-state index in [4.69, 9.17) is 5.84 Å². The third-order valence-corrected chi connectivity index (χ3v) is 3.62. The summed E-state index contributed by atoms with van der Waals surface area (Å²) in [5.74, 6) is 6.72. The molecule has 1 heterocycles. The highest BCUT2D eigenvalue weighted by Gasteiger charge is 2.14. The summed E-state index contributed by atoms with van der Waals surface area (Å²) in [6, 6.07) is 10.3. The highest BCUT2D eigenvalue weighted by atomic mass is 32.2. The smallest absolute Gasteiger partial charge is 0.0899 e. The number of thioether (sulfide) groups is 1. The molecule has 2 aromatic rings. The highest BCUT2D eigenvalue weighted by Crippen LogP contribution is 2.23. The minimum absolute atomic E-state index is 0.0631. The van der Waals surface area contributed by atoms with Gasteiger partial charge in [0.25, 0.3) is 0 Å². The molecule has 0 bridgehead atoms. The molecule has 0 spiro atoms. The molecule has 1 unspecified atom stereocenters. The molecule has 0 fully saturated rings. The van der Waals surface area contributed by atoms with Gasteiger partial charge < -0.3 is 0 Å². The number of benzene rings is 1. The number of aromatic nitrogens is 2. The zero-order valence-electron chi connectivity index (χ0n) is 10.6. The van der Waals surface area contributed by atoms with Gasteiger partial charge in [-0.25, -0.2) is 5.43 Å². The highest BCUT2D eigenvalue weighted by molar-refractivity contribution is 7.99. The molecule has 5 heteroatoms. The molecule has 2 rings (SSSR count). The second-order valence-electron chi connectivity index (χ2n) is 4.02. The van der Waals surface area contributed by atoms with Gasteiger partial charge in [0.1, 0.15) is 0 Å². The Balaban J connectivity index is 2.22. The molecule has 18 heavy (non-hydrogen) atoms. The van der Waals surface area contributed by atoms with Gasteiger partial charge in [-0.15, -0.1) is 11.8 Å². The summed E-state index contributed by atoms with van der Waals surface area (Å²) in [5, 5.41) is 4.39. The topological polar surface area (TPSA) is 55.9 Å². The normalized spacial score (nSPS) is 12.6. The molecule has 0 aliphatic carbocycles. The predicted molar refractivity (Wildman–Crippen MR) is 75.2 cm³/mol. The first-order valence-electron chi connectivity index (χ1n) is 5.93. The van der Waals surface area contributed by atoms with Crippen LogP contribution in [0.2, 0.25) is 0 Å². The first kappa shape index (κ1) is 13.1. The van der Waals surface area contributed by atoms with E-state index < -0.39 is 0 Å². The molecule has 3 N–H and O–H groups in total. The lowest BCUT2D eigenvalue weighted by Crippen LogP contribution is -2.29. The maximum Gasteiger partial charge on any atom is 0.0899 e. The number of hydrogen-bond donors (Lipinski definition) is 2. The molecule has 1 aromatic heterocycles. The molecule has 0 saturated carbocycles. The van der Waals surface area contributed by atoms with Crippen molar-refractivity contribution in [3.8, 4) is 0 Å². The summed E-state index contributed by atoms with van der Waals surface area (Å²) in [5.41, 5.74) is 4.87. The van der Waals surface area contributed by atoms with Crippen LogP contribution in [0.5, 0.6) is 0 Å². The van der Waals surface area contributed by atoms with Gasteiger partial charge in [0.2, 0.25) is 0 Å². The molecular weight excluding hydrogens is 244 g/mol. The number of rotatable bonds is 5. The van der Waals surface area contributed by atoms with Crippen molar-refractivity contribution in [2.45, 2.75) is 17.9 Å². The minimum atomic E-state index is -0.0631. The van der Waals surface area contributed by atoms with Gasteiger partial charge in [-0.1, -0.05) is 19.1 Å². The van der Waals surface area contributed by atoms with E-state index in [2.05, 4.69) is 41.7 Å². The fraction of sp³-hybridized carbons (Fsp3) is 0.308. The molecule has 0 amide bonds. The van der Waals surface area contributed by atoms with Crippen LogP contribution in [0.1, 0.15) is 24.2 Å². The van der Waals surface area contributed by atoms with Crippen LogP contribution in [0.25, 0.3) is 0 Å². The third-order valence-electron chi connectivity index (χ3n) is 2.72. The summed E-state index contributed by atoms with van der Waals surface area (Å²) < 4.78 is 1.78. The maximum atomic E-state index is 5.64. The van der Waals surface area contributed by atoms with Gasteiger partial charge in [-0.2, -0.15) is 5.10 Å². The SMILES string of the molecule is CCSc1ccc(C(NN)c2ccn(C)n2)cc1. The zero-order chi connectivity index (χ0) is 13.0. The summed E-state index contributed by atoms with van der Waals surface area (Å²) in [6.07, 6.45) is 1.92.